The number of hydrogen-bond acceptors (Lipinski definition) is 9. The minimum absolute atomic E-state index is 0.0268. The molecule has 4 rings (SSSR count). The maximum absolute atomic E-state index is 13.0. The fourth-order valence-corrected chi connectivity index (χ4v) is 4.11. The number of alkyl halides is 3. The minimum Gasteiger partial charge on any atom is -0.494 e. The molecule has 46 heavy (non-hydrogen) atoms. The molecule has 2 atom stereocenters. The molecule has 0 radical (unpaired) electrons. The SMILES string of the molecule is COCC(C)Oc1ccc(C(Nc2ccc(C(=N)N)cc2)c2nn(-c3ccccc3OC)c(=O)[nH]2)cc1OC.O=C(O)C(F)(F)F. The van der Waals surface area contributed by atoms with E-state index in [1.807, 2.05) is 31.2 Å². The van der Waals surface area contributed by atoms with Gasteiger partial charge in [0.2, 0.25) is 0 Å². The van der Waals surface area contributed by atoms with E-state index in [9.17, 15) is 18.0 Å². The van der Waals surface area contributed by atoms with Gasteiger partial charge in [-0.3, -0.25) is 10.4 Å². The van der Waals surface area contributed by atoms with Crippen LogP contribution in [-0.4, -0.2) is 71.9 Å². The number of aromatic amines is 1. The van der Waals surface area contributed by atoms with Crippen molar-refractivity contribution in [1.82, 2.24) is 14.8 Å². The predicted molar refractivity (Wildman–Crippen MR) is 162 cm³/mol. The van der Waals surface area contributed by atoms with Crippen molar-refractivity contribution in [3.8, 4) is 22.9 Å². The highest BCUT2D eigenvalue weighted by Gasteiger charge is 2.38. The highest BCUT2D eigenvalue weighted by molar-refractivity contribution is 5.95. The van der Waals surface area contributed by atoms with Crippen molar-refractivity contribution in [2.45, 2.75) is 25.2 Å². The summed E-state index contributed by atoms with van der Waals surface area (Å²) in [5, 5.41) is 22.8. The number of ether oxygens (including phenoxy) is 4. The van der Waals surface area contributed by atoms with Gasteiger partial charge >= 0.3 is 17.8 Å². The maximum Gasteiger partial charge on any atom is 0.490 e. The van der Waals surface area contributed by atoms with Gasteiger partial charge in [0, 0.05) is 18.4 Å². The average Bonchev–Trinajstić information content (AvgIpc) is 3.41. The van der Waals surface area contributed by atoms with Crippen LogP contribution in [0.5, 0.6) is 17.2 Å². The van der Waals surface area contributed by atoms with Crippen LogP contribution in [0.3, 0.4) is 0 Å². The number of rotatable bonds is 12. The number of halogens is 3. The summed E-state index contributed by atoms with van der Waals surface area (Å²) >= 11 is 0. The van der Waals surface area contributed by atoms with Crippen molar-refractivity contribution in [1.29, 1.82) is 5.41 Å². The van der Waals surface area contributed by atoms with E-state index in [0.29, 0.717) is 40.9 Å². The molecule has 0 aliphatic carbocycles. The maximum atomic E-state index is 13.0. The third-order valence-electron chi connectivity index (χ3n) is 6.22. The number of anilines is 1. The van der Waals surface area contributed by atoms with E-state index in [4.69, 9.17) is 40.0 Å². The standard InChI is InChI=1S/C28H32N6O5.C2HF3O2/c1-17(16-36-2)39-23-14-11-19(15-24(23)38-4)25(31-20-12-9-18(10-13-20)26(29)30)27-32-28(35)34(33-27)21-7-5-6-8-22(21)37-3;3-2(4,5)1(6)7/h5-15,17,25,31H,16H2,1-4H3,(H3,29,30)(H,32,33,35);(H,6,7). The number of carbonyl (C=O) groups is 1. The zero-order valence-electron chi connectivity index (χ0n) is 25.2. The molecule has 3 aromatic carbocycles. The van der Waals surface area contributed by atoms with Crippen molar-refractivity contribution in [3.63, 3.8) is 0 Å². The lowest BCUT2D eigenvalue weighted by Crippen LogP contribution is -2.21. The summed E-state index contributed by atoms with van der Waals surface area (Å²) in [6.07, 6.45) is -5.27. The summed E-state index contributed by atoms with van der Waals surface area (Å²) in [6.45, 7) is 2.33. The Bertz CT molecular complexity index is 1690. The molecule has 0 saturated carbocycles. The fourth-order valence-electron chi connectivity index (χ4n) is 4.11. The van der Waals surface area contributed by atoms with Gasteiger partial charge in [-0.05, 0) is 61.0 Å². The first-order chi connectivity index (χ1) is 21.8. The van der Waals surface area contributed by atoms with E-state index < -0.39 is 23.9 Å². The van der Waals surface area contributed by atoms with Crippen LogP contribution < -0.4 is 31.0 Å². The van der Waals surface area contributed by atoms with E-state index in [0.717, 1.165) is 11.3 Å². The number of benzene rings is 3. The first kappa shape index (κ1) is 35.0. The number of hydrogen-bond donors (Lipinski definition) is 5. The third kappa shape index (κ3) is 9.01. The minimum atomic E-state index is -5.08. The Labute approximate surface area is 261 Å². The van der Waals surface area contributed by atoms with Crippen molar-refractivity contribution in [3.05, 3.63) is 94.2 Å². The van der Waals surface area contributed by atoms with Crippen LogP contribution in [0.2, 0.25) is 0 Å². The Hall–Kier alpha value is -5.51. The molecular formula is C30H33F3N6O7. The Balaban J connectivity index is 0.000000738. The molecule has 2 unspecified atom stereocenters. The molecule has 6 N–H and O–H groups in total. The number of aromatic nitrogens is 3. The van der Waals surface area contributed by atoms with Gasteiger partial charge in [0.15, 0.2) is 17.3 Å². The number of nitrogens with zero attached hydrogens (tertiary/aromatic N) is 2. The number of nitrogens with one attached hydrogen (secondary N) is 3. The first-order valence-corrected chi connectivity index (χ1v) is 13.5. The molecule has 1 aromatic heterocycles. The van der Waals surface area contributed by atoms with Gasteiger partial charge in [0.1, 0.15) is 29.4 Å². The molecule has 0 aliphatic rings. The topological polar surface area (TPSA) is 187 Å². The summed E-state index contributed by atoms with van der Waals surface area (Å²) in [5.74, 6) is -0.835. The van der Waals surface area contributed by atoms with E-state index in [2.05, 4.69) is 15.4 Å². The van der Waals surface area contributed by atoms with Gasteiger partial charge in [0.05, 0.1) is 20.8 Å². The van der Waals surface area contributed by atoms with Gasteiger partial charge in [-0.25, -0.2) is 9.59 Å². The van der Waals surface area contributed by atoms with Gasteiger partial charge in [0.25, 0.3) is 0 Å². The lowest BCUT2D eigenvalue weighted by atomic mass is 10.0. The fraction of sp³-hybridized carbons (Fsp3) is 0.267. The van der Waals surface area contributed by atoms with Gasteiger partial charge in [-0.1, -0.05) is 18.2 Å². The molecule has 0 amide bonds. The van der Waals surface area contributed by atoms with Crippen molar-refractivity contribution < 1.29 is 42.0 Å². The quantitative estimate of drug-likeness (QED) is 0.111. The van der Waals surface area contributed by atoms with Gasteiger partial charge in [-0.15, -0.1) is 5.10 Å². The second-order valence-corrected chi connectivity index (χ2v) is 9.56. The van der Waals surface area contributed by atoms with E-state index in [1.54, 1.807) is 56.7 Å². The molecular weight excluding hydrogens is 613 g/mol. The zero-order chi connectivity index (χ0) is 34.0. The average molecular weight is 647 g/mol. The Kier molecular flexibility index (Phi) is 11.8. The van der Waals surface area contributed by atoms with Crippen molar-refractivity contribution in [2.24, 2.45) is 5.73 Å². The van der Waals surface area contributed by atoms with E-state index >= 15 is 0 Å². The summed E-state index contributed by atoms with van der Waals surface area (Å²) < 4.78 is 55.2. The number of methoxy groups -OCH3 is 3. The molecule has 0 bridgehead atoms. The number of amidine groups is 1. The molecule has 0 fully saturated rings. The molecule has 0 saturated heterocycles. The Morgan fingerprint density at radius 2 is 1.67 bits per heavy atom. The number of nitrogens with two attached hydrogens (primary N) is 1. The van der Waals surface area contributed by atoms with E-state index in [-0.39, 0.29) is 11.9 Å². The van der Waals surface area contributed by atoms with Gasteiger partial charge in [-0.2, -0.15) is 17.9 Å². The van der Waals surface area contributed by atoms with Crippen LogP contribution in [0, 0.1) is 5.41 Å². The second kappa shape index (κ2) is 15.5. The first-order valence-electron chi connectivity index (χ1n) is 13.5. The molecule has 246 valence electrons. The molecule has 4 aromatic rings. The van der Waals surface area contributed by atoms with Crippen molar-refractivity contribution in [2.75, 3.05) is 33.3 Å². The molecule has 1 heterocycles. The number of carboxylic acids is 1. The number of para-hydroxylation sites is 2. The number of H-pyrrole nitrogens is 1. The lowest BCUT2D eigenvalue weighted by molar-refractivity contribution is -0.192. The molecule has 0 spiro atoms. The largest absolute Gasteiger partial charge is 0.494 e. The molecule has 0 aliphatic heterocycles. The number of nitrogen functional groups attached to an aromatic ring is 1. The zero-order valence-corrected chi connectivity index (χ0v) is 25.2. The van der Waals surface area contributed by atoms with Crippen molar-refractivity contribution >= 4 is 17.5 Å². The smallest absolute Gasteiger partial charge is 0.490 e. The summed E-state index contributed by atoms with van der Waals surface area (Å²) in [5.41, 5.74) is 7.78. The molecule has 13 nitrogen and oxygen atoms in total. The summed E-state index contributed by atoms with van der Waals surface area (Å²) in [4.78, 5) is 24.8. The van der Waals surface area contributed by atoms with Gasteiger partial charge < -0.3 is 35.1 Å². The predicted octanol–water partition coefficient (Wildman–Crippen LogP) is 4.11. The monoisotopic (exact) mass is 646 g/mol. The second-order valence-electron chi connectivity index (χ2n) is 9.56. The molecule has 16 heteroatoms. The van der Waals surface area contributed by atoms with Crippen LogP contribution in [-0.2, 0) is 9.53 Å². The highest BCUT2D eigenvalue weighted by Crippen LogP contribution is 2.34. The lowest BCUT2D eigenvalue weighted by Gasteiger charge is -2.21. The van der Waals surface area contributed by atoms with Crippen LogP contribution in [0.25, 0.3) is 5.69 Å². The van der Waals surface area contributed by atoms with Crippen LogP contribution in [0.15, 0.2) is 71.5 Å². The van der Waals surface area contributed by atoms with Crippen LogP contribution >= 0.6 is 0 Å². The third-order valence-corrected chi connectivity index (χ3v) is 6.22. The summed E-state index contributed by atoms with van der Waals surface area (Å²) in [6, 6.07) is 19.2. The number of carboxylic acid groups (broad SMARTS) is 1. The number of aliphatic carboxylic acids is 1. The normalized spacial score (nSPS) is 12.2. The Morgan fingerprint density at radius 3 is 2.24 bits per heavy atom. The highest BCUT2D eigenvalue weighted by atomic mass is 19.4. The van der Waals surface area contributed by atoms with E-state index in [1.165, 1.54) is 11.8 Å². The summed E-state index contributed by atoms with van der Waals surface area (Å²) in [7, 11) is 4.72. The van der Waals surface area contributed by atoms with Crippen LogP contribution in [0.1, 0.15) is 29.9 Å². The van der Waals surface area contributed by atoms with Crippen LogP contribution in [0.4, 0.5) is 18.9 Å². The Morgan fingerprint density at radius 1 is 1.04 bits per heavy atom.